The number of alkyl halides is 1. The molecule has 1 aromatic carbocycles. The van der Waals surface area contributed by atoms with Crippen LogP contribution in [0, 0.1) is 0 Å². The van der Waals surface area contributed by atoms with Gasteiger partial charge in [-0.3, -0.25) is 0 Å². The van der Waals surface area contributed by atoms with E-state index in [0.717, 1.165) is 5.56 Å². The fraction of sp³-hybridized carbons (Fsp3) is 0.125. The van der Waals surface area contributed by atoms with Gasteiger partial charge in [0.25, 0.3) is 0 Å². The van der Waals surface area contributed by atoms with Crippen LogP contribution < -0.4 is 51.4 Å². The van der Waals surface area contributed by atoms with Crippen molar-refractivity contribution in [2.24, 2.45) is 0 Å². The Morgan fingerprint density at radius 3 is 2.25 bits per heavy atom. The summed E-state index contributed by atoms with van der Waals surface area (Å²) in [7, 11) is 0. The fourth-order valence-electron chi connectivity index (χ4n) is 0.736. The second-order valence-corrected chi connectivity index (χ2v) is 2.40. The van der Waals surface area contributed by atoms with Crippen LogP contribution in [-0.4, -0.2) is 11.1 Å². The van der Waals surface area contributed by atoms with Crippen LogP contribution >= 0.6 is 11.6 Å². The summed E-state index contributed by atoms with van der Waals surface area (Å²) in [5.41, 5.74) is 1.22. The average molecular weight is 211 g/mol. The maximum atomic E-state index is 10.4. The molecule has 60 valence electrons. The second kappa shape index (κ2) is 6.13. The fourth-order valence-corrected chi connectivity index (χ4v) is 0.915. The van der Waals surface area contributed by atoms with E-state index in [0.29, 0.717) is 11.4 Å². The van der Waals surface area contributed by atoms with Crippen LogP contribution in [0.4, 0.5) is 0 Å². The van der Waals surface area contributed by atoms with Crippen molar-refractivity contribution >= 4 is 17.6 Å². The topological polar surface area (TPSA) is 37.3 Å². The van der Waals surface area contributed by atoms with Crippen molar-refractivity contribution in [3.8, 4) is 0 Å². The smallest absolute Gasteiger partial charge is 1.00 e. The van der Waals surface area contributed by atoms with Crippen molar-refractivity contribution in [2.45, 2.75) is 5.88 Å². The molecular weight excluding hydrogens is 203 g/mol. The number of carboxylic acid groups (broad SMARTS) is 1. The minimum Gasteiger partial charge on any atom is -1.00 e. The molecule has 0 atom stereocenters. The van der Waals surface area contributed by atoms with Crippen molar-refractivity contribution in [2.75, 3.05) is 0 Å². The monoisotopic (exact) mass is 210 g/mol. The van der Waals surface area contributed by atoms with Gasteiger partial charge in [-0.05, 0) is 17.7 Å². The first-order valence-electron chi connectivity index (χ1n) is 3.12. The molecule has 0 unspecified atom stereocenters. The first-order chi connectivity index (χ1) is 5.24. The first kappa shape index (κ1) is 12.6. The summed E-state index contributed by atoms with van der Waals surface area (Å²) in [5, 5.41) is 8.52. The van der Waals surface area contributed by atoms with Crippen LogP contribution in [0.3, 0.4) is 0 Å². The molecule has 2 nitrogen and oxygen atoms in total. The zero-order chi connectivity index (χ0) is 8.27. The zero-order valence-electron chi connectivity index (χ0n) is 7.75. The van der Waals surface area contributed by atoms with Crippen LogP contribution in [0.2, 0.25) is 0 Å². The molecular formula is C8H8ClKO2. The summed E-state index contributed by atoms with van der Waals surface area (Å²) in [6, 6.07) is 6.49. The number of halogens is 1. The Balaban J connectivity index is 0. The standard InChI is InChI=1S/C8H7ClO2.K.H/c9-5-6-1-3-7(4-2-6)8(10)11;;/h1-4H,5H2,(H,10,11);;/q;+1;-1. The molecule has 0 aromatic heterocycles. The molecule has 0 amide bonds. The SMILES string of the molecule is O=C(O)c1ccc(CCl)cc1.[H-].[K+]. The molecule has 0 spiro atoms. The van der Waals surface area contributed by atoms with Gasteiger partial charge in [0.15, 0.2) is 0 Å². The predicted molar refractivity (Wildman–Crippen MR) is 44.1 cm³/mol. The van der Waals surface area contributed by atoms with Gasteiger partial charge in [-0.2, -0.15) is 0 Å². The summed E-state index contributed by atoms with van der Waals surface area (Å²) >= 11 is 5.51. The van der Waals surface area contributed by atoms with Crippen LogP contribution in [0.25, 0.3) is 0 Å². The molecule has 0 heterocycles. The maximum absolute atomic E-state index is 10.4. The van der Waals surface area contributed by atoms with Gasteiger partial charge >= 0.3 is 57.4 Å². The molecule has 0 saturated carbocycles. The maximum Gasteiger partial charge on any atom is 1.00 e. The third-order valence-corrected chi connectivity index (χ3v) is 1.66. The van der Waals surface area contributed by atoms with Crippen LogP contribution in [-0.2, 0) is 5.88 Å². The molecule has 1 N–H and O–H groups in total. The third kappa shape index (κ3) is 3.56. The summed E-state index contributed by atoms with van der Waals surface area (Å²) in [6.45, 7) is 0. The Labute approximate surface area is 120 Å². The van der Waals surface area contributed by atoms with Gasteiger partial charge in [-0.1, -0.05) is 12.1 Å². The summed E-state index contributed by atoms with van der Waals surface area (Å²) in [4.78, 5) is 10.4. The number of rotatable bonds is 2. The molecule has 0 aliphatic heterocycles. The minimum atomic E-state index is -0.911. The van der Waals surface area contributed by atoms with Gasteiger partial charge in [0.2, 0.25) is 0 Å². The molecule has 1 rings (SSSR count). The Bertz CT molecular complexity index is 263. The Morgan fingerprint density at radius 1 is 1.42 bits per heavy atom. The van der Waals surface area contributed by atoms with E-state index < -0.39 is 5.97 Å². The molecule has 0 bridgehead atoms. The molecule has 0 radical (unpaired) electrons. The minimum absolute atomic E-state index is 0. The third-order valence-electron chi connectivity index (χ3n) is 1.36. The van der Waals surface area contributed by atoms with E-state index >= 15 is 0 Å². The number of aromatic carboxylic acids is 1. The molecule has 0 fully saturated rings. The number of carbonyl (C=O) groups is 1. The number of hydrogen-bond donors (Lipinski definition) is 1. The molecule has 0 aliphatic rings. The molecule has 0 saturated heterocycles. The van der Waals surface area contributed by atoms with E-state index in [1.54, 1.807) is 24.3 Å². The van der Waals surface area contributed by atoms with Crippen LogP contribution in [0.15, 0.2) is 24.3 Å². The van der Waals surface area contributed by atoms with Crippen molar-refractivity contribution in [3.05, 3.63) is 35.4 Å². The Hall–Kier alpha value is 0.616. The van der Waals surface area contributed by atoms with Crippen LogP contribution in [0.1, 0.15) is 17.3 Å². The van der Waals surface area contributed by atoms with E-state index in [1.807, 2.05) is 0 Å². The summed E-state index contributed by atoms with van der Waals surface area (Å²) in [6.07, 6.45) is 0. The largest absolute Gasteiger partial charge is 1.00 e. The number of benzene rings is 1. The first-order valence-corrected chi connectivity index (χ1v) is 3.65. The normalized spacial score (nSPS) is 8.75. The van der Waals surface area contributed by atoms with Crippen molar-refractivity contribution in [3.63, 3.8) is 0 Å². The average Bonchev–Trinajstić information content (AvgIpc) is 2.05. The van der Waals surface area contributed by atoms with Gasteiger partial charge in [0, 0.05) is 5.88 Å². The van der Waals surface area contributed by atoms with E-state index in [2.05, 4.69) is 0 Å². The van der Waals surface area contributed by atoms with Crippen molar-refractivity contribution in [1.29, 1.82) is 0 Å². The molecule has 4 heteroatoms. The van der Waals surface area contributed by atoms with Crippen molar-refractivity contribution < 1.29 is 62.7 Å². The molecule has 0 aliphatic carbocycles. The quantitative estimate of drug-likeness (QED) is 0.515. The zero-order valence-corrected chi connectivity index (χ0v) is 10.6. The van der Waals surface area contributed by atoms with Gasteiger partial charge in [0.1, 0.15) is 0 Å². The summed E-state index contributed by atoms with van der Waals surface area (Å²) in [5.74, 6) is -0.494. The van der Waals surface area contributed by atoms with Crippen LogP contribution in [0.5, 0.6) is 0 Å². The Kier molecular flexibility index (Phi) is 6.44. The van der Waals surface area contributed by atoms with E-state index in [1.165, 1.54) is 0 Å². The molecule has 12 heavy (non-hydrogen) atoms. The van der Waals surface area contributed by atoms with E-state index in [-0.39, 0.29) is 52.8 Å². The molecule has 1 aromatic rings. The van der Waals surface area contributed by atoms with Gasteiger partial charge in [-0.25, -0.2) is 4.79 Å². The summed E-state index contributed by atoms with van der Waals surface area (Å²) < 4.78 is 0. The number of hydrogen-bond acceptors (Lipinski definition) is 1. The van der Waals surface area contributed by atoms with E-state index in [9.17, 15) is 4.79 Å². The van der Waals surface area contributed by atoms with Crippen molar-refractivity contribution in [1.82, 2.24) is 0 Å². The predicted octanol–water partition coefficient (Wildman–Crippen LogP) is -0.760. The van der Waals surface area contributed by atoms with Gasteiger partial charge < -0.3 is 6.53 Å². The van der Waals surface area contributed by atoms with Gasteiger partial charge in [-0.15, -0.1) is 11.6 Å². The Morgan fingerprint density at radius 2 is 1.92 bits per heavy atom. The number of carboxylic acids is 1. The van der Waals surface area contributed by atoms with E-state index in [4.69, 9.17) is 16.7 Å². The second-order valence-electron chi connectivity index (χ2n) is 2.14. The van der Waals surface area contributed by atoms with Gasteiger partial charge in [0.05, 0.1) is 5.56 Å².